The van der Waals surface area contributed by atoms with E-state index in [1.54, 1.807) is 11.8 Å². The molecule has 1 unspecified atom stereocenters. The van der Waals surface area contributed by atoms with Gasteiger partial charge in [-0.3, -0.25) is 0 Å². The van der Waals surface area contributed by atoms with Gasteiger partial charge in [0.2, 0.25) is 5.16 Å². The zero-order valence-corrected chi connectivity index (χ0v) is 14.5. The minimum atomic E-state index is 0.444. The van der Waals surface area contributed by atoms with E-state index in [1.807, 2.05) is 11.4 Å². The largest absolute Gasteiger partial charge is 0.253 e. The molecule has 23 heavy (non-hydrogen) atoms. The molecular formula is C18H20N4S. The molecule has 5 heteroatoms. The maximum Gasteiger partial charge on any atom is 0.253 e. The molecule has 3 aromatic rings. The van der Waals surface area contributed by atoms with E-state index in [0.29, 0.717) is 11.0 Å². The molecule has 0 bridgehead atoms. The SMILES string of the molecule is Cc1nc2nc(SC3CCCc4ccccc43)nn2c(C)c1C. The average molecular weight is 324 g/mol. The average Bonchev–Trinajstić information content (AvgIpc) is 2.96. The summed E-state index contributed by atoms with van der Waals surface area (Å²) in [7, 11) is 0. The van der Waals surface area contributed by atoms with Crippen molar-refractivity contribution >= 4 is 17.5 Å². The van der Waals surface area contributed by atoms with Crippen molar-refractivity contribution in [3.8, 4) is 0 Å². The minimum Gasteiger partial charge on any atom is -0.216 e. The van der Waals surface area contributed by atoms with Crippen LogP contribution in [0.1, 0.15) is 46.2 Å². The first-order valence-corrected chi connectivity index (χ1v) is 8.96. The number of nitrogens with zero attached hydrogens (tertiary/aromatic N) is 4. The lowest BCUT2D eigenvalue weighted by atomic mass is 9.91. The zero-order chi connectivity index (χ0) is 16.0. The highest BCUT2D eigenvalue weighted by molar-refractivity contribution is 7.99. The number of hydrogen-bond donors (Lipinski definition) is 0. The van der Waals surface area contributed by atoms with Gasteiger partial charge >= 0.3 is 0 Å². The van der Waals surface area contributed by atoms with Crippen LogP contribution in [0.25, 0.3) is 5.78 Å². The third-order valence-electron chi connectivity index (χ3n) is 4.80. The second-order valence-corrected chi connectivity index (χ2v) is 7.38. The minimum absolute atomic E-state index is 0.444. The summed E-state index contributed by atoms with van der Waals surface area (Å²) in [6, 6.07) is 8.76. The highest BCUT2D eigenvalue weighted by atomic mass is 32.2. The Labute approximate surface area is 140 Å². The number of aryl methyl sites for hydroxylation is 3. The number of benzene rings is 1. The molecule has 1 aromatic carbocycles. The van der Waals surface area contributed by atoms with E-state index in [-0.39, 0.29) is 0 Å². The van der Waals surface area contributed by atoms with Gasteiger partial charge in [-0.15, -0.1) is 5.10 Å². The van der Waals surface area contributed by atoms with Gasteiger partial charge in [-0.25, -0.2) is 9.50 Å². The highest BCUT2D eigenvalue weighted by Crippen LogP contribution is 2.42. The third kappa shape index (κ3) is 2.53. The molecule has 0 amide bonds. The zero-order valence-electron chi connectivity index (χ0n) is 13.7. The van der Waals surface area contributed by atoms with Crippen LogP contribution in [0.15, 0.2) is 29.4 Å². The molecule has 0 spiro atoms. The van der Waals surface area contributed by atoms with Gasteiger partial charge in [0.15, 0.2) is 0 Å². The molecule has 4 rings (SSSR count). The van der Waals surface area contributed by atoms with Crippen molar-refractivity contribution in [2.45, 2.75) is 50.4 Å². The van der Waals surface area contributed by atoms with E-state index in [2.05, 4.69) is 53.2 Å². The fraction of sp³-hybridized carbons (Fsp3) is 0.389. The highest BCUT2D eigenvalue weighted by Gasteiger charge is 2.23. The van der Waals surface area contributed by atoms with Gasteiger partial charge in [-0.2, -0.15) is 4.98 Å². The van der Waals surface area contributed by atoms with Gasteiger partial charge in [-0.1, -0.05) is 36.0 Å². The van der Waals surface area contributed by atoms with Crippen LogP contribution in [0.3, 0.4) is 0 Å². The van der Waals surface area contributed by atoms with Crippen molar-refractivity contribution in [2.75, 3.05) is 0 Å². The van der Waals surface area contributed by atoms with Gasteiger partial charge in [0, 0.05) is 16.6 Å². The van der Waals surface area contributed by atoms with Gasteiger partial charge in [0.05, 0.1) is 0 Å². The molecule has 1 aliphatic carbocycles. The second-order valence-electron chi connectivity index (χ2n) is 6.21. The van der Waals surface area contributed by atoms with Crippen molar-refractivity contribution in [3.63, 3.8) is 0 Å². The Morgan fingerprint density at radius 1 is 1.13 bits per heavy atom. The molecule has 0 fully saturated rings. The van der Waals surface area contributed by atoms with E-state index in [1.165, 1.54) is 36.0 Å². The first-order valence-electron chi connectivity index (χ1n) is 8.08. The molecule has 2 aromatic heterocycles. The third-order valence-corrected chi connectivity index (χ3v) is 5.96. The molecule has 0 saturated carbocycles. The van der Waals surface area contributed by atoms with E-state index in [4.69, 9.17) is 0 Å². The Morgan fingerprint density at radius 2 is 1.96 bits per heavy atom. The Morgan fingerprint density at radius 3 is 2.83 bits per heavy atom. The number of hydrogen-bond acceptors (Lipinski definition) is 4. The van der Waals surface area contributed by atoms with Crippen LogP contribution in [0.4, 0.5) is 0 Å². The molecule has 0 N–H and O–H groups in total. The maximum atomic E-state index is 4.69. The Bertz CT molecular complexity index is 884. The molecule has 0 radical (unpaired) electrons. The van der Waals surface area contributed by atoms with Crippen molar-refractivity contribution in [1.29, 1.82) is 0 Å². The van der Waals surface area contributed by atoms with Crippen LogP contribution in [-0.2, 0) is 6.42 Å². The summed E-state index contributed by atoms with van der Waals surface area (Å²) in [6.45, 7) is 6.19. The summed E-state index contributed by atoms with van der Waals surface area (Å²) >= 11 is 1.77. The van der Waals surface area contributed by atoms with E-state index >= 15 is 0 Å². The van der Waals surface area contributed by atoms with Crippen LogP contribution in [0.5, 0.6) is 0 Å². The summed E-state index contributed by atoms with van der Waals surface area (Å²) in [5, 5.41) is 5.96. The molecular weight excluding hydrogens is 304 g/mol. The number of fused-ring (bicyclic) bond motifs is 2. The lowest BCUT2D eigenvalue weighted by Gasteiger charge is -2.23. The van der Waals surface area contributed by atoms with E-state index < -0.39 is 0 Å². The van der Waals surface area contributed by atoms with Crippen LogP contribution in [0, 0.1) is 20.8 Å². The van der Waals surface area contributed by atoms with Crippen molar-refractivity contribution < 1.29 is 0 Å². The summed E-state index contributed by atoms with van der Waals surface area (Å²) in [4.78, 5) is 9.22. The summed E-state index contributed by atoms with van der Waals surface area (Å²) in [6.07, 6.45) is 3.60. The molecule has 0 aliphatic heterocycles. The first-order chi connectivity index (χ1) is 11.1. The fourth-order valence-corrected chi connectivity index (χ4v) is 4.41. The van der Waals surface area contributed by atoms with Gasteiger partial charge in [-0.05, 0) is 56.7 Å². The predicted molar refractivity (Wildman–Crippen MR) is 93.0 cm³/mol. The maximum absolute atomic E-state index is 4.69. The van der Waals surface area contributed by atoms with Gasteiger partial charge in [0.1, 0.15) is 0 Å². The second kappa shape index (κ2) is 5.64. The lowest BCUT2D eigenvalue weighted by molar-refractivity contribution is 0.671. The summed E-state index contributed by atoms with van der Waals surface area (Å²) in [5.74, 6) is 0.706. The van der Waals surface area contributed by atoms with Crippen LogP contribution >= 0.6 is 11.8 Å². The Balaban J connectivity index is 1.70. The van der Waals surface area contributed by atoms with Crippen molar-refractivity contribution in [3.05, 3.63) is 52.3 Å². The summed E-state index contributed by atoms with van der Waals surface area (Å²) < 4.78 is 1.87. The normalized spacial score (nSPS) is 17.4. The van der Waals surface area contributed by atoms with Gasteiger partial charge < -0.3 is 0 Å². The molecule has 4 nitrogen and oxygen atoms in total. The van der Waals surface area contributed by atoms with Crippen molar-refractivity contribution in [2.24, 2.45) is 0 Å². The van der Waals surface area contributed by atoms with E-state index in [0.717, 1.165) is 16.5 Å². The van der Waals surface area contributed by atoms with Crippen LogP contribution < -0.4 is 0 Å². The molecule has 2 heterocycles. The Kier molecular flexibility index (Phi) is 3.60. The lowest BCUT2D eigenvalue weighted by Crippen LogP contribution is -2.07. The number of thioether (sulfide) groups is 1. The van der Waals surface area contributed by atoms with Crippen LogP contribution in [0.2, 0.25) is 0 Å². The monoisotopic (exact) mass is 324 g/mol. The smallest absolute Gasteiger partial charge is 0.216 e. The standard InChI is InChI=1S/C18H20N4S/c1-11-12(2)19-17-20-18(21-22(17)13(11)3)23-16-10-6-8-14-7-4-5-9-15(14)16/h4-5,7,9,16H,6,8,10H2,1-3H3. The molecule has 0 saturated heterocycles. The van der Waals surface area contributed by atoms with E-state index in [9.17, 15) is 0 Å². The predicted octanol–water partition coefficient (Wildman–Crippen LogP) is 4.22. The van der Waals surface area contributed by atoms with Gasteiger partial charge in [0.25, 0.3) is 5.78 Å². The van der Waals surface area contributed by atoms with Crippen molar-refractivity contribution in [1.82, 2.24) is 19.6 Å². The topological polar surface area (TPSA) is 43.1 Å². The fourth-order valence-electron chi connectivity index (χ4n) is 3.25. The van der Waals surface area contributed by atoms with Crippen LogP contribution in [-0.4, -0.2) is 19.6 Å². The number of aromatic nitrogens is 4. The first kappa shape index (κ1) is 14.7. The molecule has 118 valence electrons. The molecule has 1 aliphatic rings. The number of rotatable bonds is 2. The quantitative estimate of drug-likeness (QED) is 0.708. The molecule has 1 atom stereocenters. The summed E-state index contributed by atoms with van der Waals surface area (Å²) in [5.41, 5.74) is 6.25. The Hall–Kier alpha value is -1.88.